The number of hydrogen-bond donors (Lipinski definition) is 2. The molecule has 0 aliphatic carbocycles. The second-order valence-corrected chi connectivity index (χ2v) is 8.93. The fourth-order valence-corrected chi connectivity index (χ4v) is 4.84. The molecule has 0 aromatic heterocycles. The standard InChI is InChI=1S/C16H22N4O5S.ClH/c1-19(26(24,25)15-4-2-3-14(9-15)20(22)23)10-16(21)18-13-7-11-5-6-12(8-13)17-11;/h2-4,9,11-13,17H,5-8,10H2,1H3,(H,18,21);1H. The predicted molar refractivity (Wildman–Crippen MR) is 101 cm³/mol. The second kappa shape index (κ2) is 8.51. The Labute approximate surface area is 164 Å². The van der Waals surface area contributed by atoms with Crippen molar-refractivity contribution in [2.45, 2.75) is 48.7 Å². The molecule has 150 valence electrons. The maximum Gasteiger partial charge on any atom is 0.270 e. The summed E-state index contributed by atoms with van der Waals surface area (Å²) < 4.78 is 26.0. The van der Waals surface area contributed by atoms with E-state index in [0.717, 1.165) is 36.1 Å². The van der Waals surface area contributed by atoms with Gasteiger partial charge < -0.3 is 10.6 Å². The first-order chi connectivity index (χ1) is 12.3. The van der Waals surface area contributed by atoms with E-state index in [1.807, 2.05) is 0 Å². The molecule has 0 radical (unpaired) electrons. The summed E-state index contributed by atoms with van der Waals surface area (Å²) in [6.45, 7) is -0.329. The Balaban J connectivity index is 0.00000261. The van der Waals surface area contributed by atoms with Crippen LogP contribution in [0.15, 0.2) is 29.2 Å². The van der Waals surface area contributed by atoms with Gasteiger partial charge in [-0.2, -0.15) is 4.31 Å². The van der Waals surface area contributed by atoms with Gasteiger partial charge in [-0.25, -0.2) is 8.42 Å². The van der Waals surface area contributed by atoms with Gasteiger partial charge in [0.1, 0.15) is 0 Å². The number of benzene rings is 1. The normalized spacial score (nSPS) is 24.3. The van der Waals surface area contributed by atoms with Crippen LogP contribution in [0.2, 0.25) is 0 Å². The molecular weight excluding hydrogens is 396 g/mol. The summed E-state index contributed by atoms with van der Waals surface area (Å²) in [7, 11) is -2.69. The summed E-state index contributed by atoms with van der Waals surface area (Å²) in [6.07, 6.45) is 3.92. The quantitative estimate of drug-likeness (QED) is 0.525. The first-order valence-corrected chi connectivity index (χ1v) is 9.96. The molecule has 2 saturated heterocycles. The maximum absolute atomic E-state index is 12.6. The highest BCUT2D eigenvalue weighted by Gasteiger charge is 2.34. The van der Waals surface area contributed by atoms with Crippen LogP contribution in [-0.4, -0.2) is 55.3 Å². The van der Waals surface area contributed by atoms with Gasteiger partial charge in [-0.3, -0.25) is 14.9 Å². The minimum Gasteiger partial charge on any atom is -0.352 e. The Bertz CT molecular complexity index is 807. The molecule has 27 heavy (non-hydrogen) atoms. The number of carbonyl (C=O) groups excluding carboxylic acids is 1. The first-order valence-electron chi connectivity index (χ1n) is 8.52. The number of hydrogen-bond acceptors (Lipinski definition) is 6. The van der Waals surface area contributed by atoms with E-state index < -0.39 is 14.9 Å². The zero-order valence-electron chi connectivity index (χ0n) is 14.8. The van der Waals surface area contributed by atoms with Gasteiger partial charge in [0, 0.05) is 37.3 Å². The van der Waals surface area contributed by atoms with E-state index in [1.54, 1.807) is 0 Å². The minimum absolute atomic E-state index is 0. The number of sulfonamides is 1. The van der Waals surface area contributed by atoms with Crippen molar-refractivity contribution in [2.24, 2.45) is 0 Å². The number of piperidine rings is 1. The van der Waals surface area contributed by atoms with Crippen molar-refractivity contribution >= 4 is 34.0 Å². The van der Waals surface area contributed by atoms with E-state index >= 15 is 0 Å². The van der Waals surface area contributed by atoms with E-state index in [-0.39, 0.29) is 41.5 Å². The topological polar surface area (TPSA) is 122 Å². The molecule has 0 spiro atoms. The molecule has 3 rings (SSSR count). The van der Waals surface area contributed by atoms with Crippen LogP contribution in [0.5, 0.6) is 0 Å². The van der Waals surface area contributed by atoms with E-state index in [9.17, 15) is 23.3 Å². The Kier molecular flexibility index (Phi) is 6.79. The molecule has 9 nitrogen and oxygen atoms in total. The van der Waals surface area contributed by atoms with Crippen molar-refractivity contribution in [3.05, 3.63) is 34.4 Å². The Morgan fingerprint density at radius 3 is 2.56 bits per heavy atom. The number of rotatable bonds is 6. The number of nitro benzene ring substituents is 1. The van der Waals surface area contributed by atoms with Crippen LogP contribution in [0.4, 0.5) is 5.69 Å². The molecule has 1 amide bonds. The number of halogens is 1. The van der Waals surface area contributed by atoms with Gasteiger partial charge in [-0.1, -0.05) is 6.07 Å². The SMILES string of the molecule is CN(CC(=O)NC1CC2CCC(C1)N2)S(=O)(=O)c1cccc([N+](=O)[O-])c1.Cl. The lowest BCUT2D eigenvalue weighted by atomic mass is 10.00. The van der Waals surface area contributed by atoms with Crippen molar-refractivity contribution in [1.29, 1.82) is 0 Å². The highest BCUT2D eigenvalue weighted by molar-refractivity contribution is 7.89. The molecule has 2 aliphatic heterocycles. The minimum atomic E-state index is -3.98. The smallest absolute Gasteiger partial charge is 0.270 e. The van der Waals surface area contributed by atoms with Gasteiger partial charge in [-0.15, -0.1) is 12.4 Å². The first kappa shape index (κ1) is 21.5. The van der Waals surface area contributed by atoms with Gasteiger partial charge >= 0.3 is 0 Å². The molecule has 2 fully saturated rings. The van der Waals surface area contributed by atoms with Crippen LogP contribution in [0, 0.1) is 10.1 Å². The highest BCUT2D eigenvalue weighted by atomic mass is 35.5. The molecule has 2 bridgehead atoms. The lowest BCUT2D eigenvalue weighted by Gasteiger charge is -2.30. The molecule has 1 aromatic carbocycles. The maximum atomic E-state index is 12.6. The van der Waals surface area contributed by atoms with Gasteiger partial charge in [0.2, 0.25) is 15.9 Å². The van der Waals surface area contributed by atoms with E-state index in [0.29, 0.717) is 12.1 Å². The highest BCUT2D eigenvalue weighted by Crippen LogP contribution is 2.26. The third-order valence-corrected chi connectivity index (χ3v) is 6.74. The third-order valence-electron chi connectivity index (χ3n) is 4.94. The van der Waals surface area contributed by atoms with E-state index in [2.05, 4.69) is 10.6 Å². The number of nitrogens with zero attached hydrogens (tertiary/aromatic N) is 2. The summed E-state index contributed by atoms with van der Waals surface area (Å²) in [5.41, 5.74) is -0.311. The van der Waals surface area contributed by atoms with E-state index in [1.165, 1.54) is 25.2 Å². The van der Waals surface area contributed by atoms with Gasteiger partial charge in [0.15, 0.2) is 0 Å². The average molecular weight is 419 g/mol. The Morgan fingerprint density at radius 2 is 1.96 bits per heavy atom. The van der Waals surface area contributed by atoms with Gasteiger partial charge in [0.05, 0.1) is 16.4 Å². The van der Waals surface area contributed by atoms with Crippen molar-refractivity contribution in [3.63, 3.8) is 0 Å². The van der Waals surface area contributed by atoms with Crippen LogP contribution in [0.3, 0.4) is 0 Å². The molecule has 11 heteroatoms. The fourth-order valence-electron chi connectivity index (χ4n) is 3.67. The van der Waals surface area contributed by atoms with Crippen molar-refractivity contribution in [2.75, 3.05) is 13.6 Å². The molecule has 0 saturated carbocycles. The van der Waals surface area contributed by atoms with Crippen molar-refractivity contribution in [3.8, 4) is 0 Å². The van der Waals surface area contributed by atoms with Gasteiger partial charge in [-0.05, 0) is 31.7 Å². The molecule has 2 unspecified atom stereocenters. The number of carbonyl (C=O) groups is 1. The summed E-state index contributed by atoms with van der Waals surface area (Å²) in [5, 5.41) is 17.2. The molecule has 2 aliphatic rings. The Morgan fingerprint density at radius 1 is 1.33 bits per heavy atom. The summed E-state index contributed by atoms with van der Waals surface area (Å²) >= 11 is 0. The summed E-state index contributed by atoms with van der Waals surface area (Å²) in [4.78, 5) is 22.2. The number of fused-ring (bicyclic) bond motifs is 2. The van der Waals surface area contributed by atoms with Crippen LogP contribution in [-0.2, 0) is 14.8 Å². The van der Waals surface area contributed by atoms with Crippen LogP contribution < -0.4 is 10.6 Å². The molecule has 1 aromatic rings. The zero-order valence-corrected chi connectivity index (χ0v) is 16.5. The van der Waals surface area contributed by atoms with E-state index in [4.69, 9.17) is 0 Å². The average Bonchev–Trinajstić information content (AvgIpc) is 2.93. The molecule has 2 N–H and O–H groups in total. The number of nitro groups is 1. The van der Waals surface area contributed by atoms with Gasteiger partial charge in [0.25, 0.3) is 5.69 Å². The monoisotopic (exact) mass is 418 g/mol. The number of likely N-dealkylation sites (N-methyl/N-ethyl adjacent to an activating group) is 1. The number of non-ortho nitro benzene ring substituents is 1. The number of nitrogens with one attached hydrogen (secondary N) is 2. The van der Waals surface area contributed by atoms with Crippen LogP contribution >= 0.6 is 12.4 Å². The lowest BCUT2D eigenvalue weighted by molar-refractivity contribution is -0.385. The summed E-state index contributed by atoms with van der Waals surface area (Å²) in [6, 6.07) is 5.70. The fraction of sp³-hybridized carbons (Fsp3) is 0.562. The van der Waals surface area contributed by atoms with Crippen LogP contribution in [0.25, 0.3) is 0 Å². The van der Waals surface area contributed by atoms with Crippen LogP contribution in [0.1, 0.15) is 25.7 Å². The number of amides is 1. The summed E-state index contributed by atoms with van der Waals surface area (Å²) in [5.74, 6) is -0.368. The third kappa shape index (κ3) is 4.95. The predicted octanol–water partition coefficient (Wildman–Crippen LogP) is 1.04. The lowest BCUT2D eigenvalue weighted by Crippen LogP contribution is -2.50. The van der Waals surface area contributed by atoms with Crippen molar-refractivity contribution in [1.82, 2.24) is 14.9 Å². The molecule has 2 atom stereocenters. The Hall–Kier alpha value is -1.75. The molecule has 2 heterocycles. The second-order valence-electron chi connectivity index (χ2n) is 6.89. The zero-order chi connectivity index (χ0) is 18.9. The molecular formula is C16H23ClN4O5S. The van der Waals surface area contributed by atoms with Crippen molar-refractivity contribution < 1.29 is 18.1 Å². The largest absolute Gasteiger partial charge is 0.352 e.